The molecule has 0 aromatic heterocycles. The van der Waals surface area contributed by atoms with E-state index in [9.17, 15) is 14.0 Å². The van der Waals surface area contributed by atoms with Crippen molar-refractivity contribution in [2.45, 2.75) is 24.9 Å². The number of halogens is 1. The van der Waals surface area contributed by atoms with Crippen LogP contribution in [0.1, 0.15) is 45.4 Å². The molecule has 8 heteroatoms. The van der Waals surface area contributed by atoms with Crippen molar-refractivity contribution in [2.24, 2.45) is 0 Å². The molecule has 2 atom stereocenters. The van der Waals surface area contributed by atoms with Crippen molar-refractivity contribution < 1.29 is 23.5 Å². The lowest BCUT2D eigenvalue weighted by molar-refractivity contribution is -0.124. The highest BCUT2D eigenvalue weighted by molar-refractivity contribution is 6.01. The van der Waals surface area contributed by atoms with Gasteiger partial charge in [-0.1, -0.05) is 42.5 Å². The summed E-state index contributed by atoms with van der Waals surface area (Å²) >= 11 is 0. The molecule has 2 unspecified atom stereocenters. The summed E-state index contributed by atoms with van der Waals surface area (Å²) in [7, 11) is 1.60. The Kier molecular flexibility index (Phi) is 8.54. The Morgan fingerprint density at radius 1 is 1.03 bits per heavy atom. The summed E-state index contributed by atoms with van der Waals surface area (Å²) in [5, 5.41) is 3.15. The average Bonchev–Trinajstić information content (AvgIpc) is 2.98. The third-order valence-corrected chi connectivity index (χ3v) is 7.50. The molecule has 0 radical (unpaired) electrons. The Labute approximate surface area is 228 Å². The number of hydrogen-bond acceptors (Lipinski definition) is 5. The minimum atomic E-state index is -0.615. The first-order valence-corrected chi connectivity index (χ1v) is 13.4. The van der Waals surface area contributed by atoms with Crippen molar-refractivity contribution in [2.75, 3.05) is 46.5 Å². The van der Waals surface area contributed by atoms with Crippen LogP contribution in [-0.2, 0) is 16.1 Å². The van der Waals surface area contributed by atoms with E-state index in [0.29, 0.717) is 23.4 Å². The number of methoxy groups -OCH3 is 1. The van der Waals surface area contributed by atoms with Gasteiger partial charge in [0.1, 0.15) is 11.6 Å². The third-order valence-electron chi connectivity index (χ3n) is 7.50. The molecule has 2 heterocycles. The second-order valence-corrected chi connectivity index (χ2v) is 9.94. The number of nitrogens with zero attached hydrogens (tertiary/aromatic N) is 2. The van der Waals surface area contributed by atoms with Crippen molar-refractivity contribution in [3.8, 4) is 5.75 Å². The van der Waals surface area contributed by atoms with E-state index in [4.69, 9.17) is 9.47 Å². The Balaban J connectivity index is 1.45. The zero-order chi connectivity index (χ0) is 27.2. The maximum Gasteiger partial charge on any atom is 0.255 e. The fraction of sp³-hybridized carbons (Fsp3) is 0.355. The summed E-state index contributed by atoms with van der Waals surface area (Å²) in [6.07, 6.45) is 0.825. The lowest BCUT2D eigenvalue weighted by Crippen LogP contribution is -2.47. The molecular weight excluding hydrogens is 497 g/mol. The van der Waals surface area contributed by atoms with E-state index in [-0.39, 0.29) is 24.2 Å². The van der Waals surface area contributed by atoms with Gasteiger partial charge in [0.25, 0.3) is 5.91 Å². The fourth-order valence-electron chi connectivity index (χ4n) is 5.46. The van der Waals surface area contributed by atoms with Crippen LogP contribution in [0.3, 0.4) is 0 Å². The topological polar surface area (TPSA) is 71.1 Å². The van der Waals surface area contributed by atoms with Gasteiger partial charge in [-0.25, -0.2) is 4.39 Å². The molecule has 2 aliphatic rings. The van der Waals surface area contributed by atoms with Crippen LogP contribution in [0.2, 0.25) is 0 Å². The molecule has 1 saturated heterocycles. The number of fused-ring (bicyclic) bond motifs is 1. The maximum atomic E-state index is 13.9. The van der Waals surface area contributed by atoms with E-state index in [1.54, 1.807) is 30.2 Å². The summed E-state index contributed by atoms with van der Waals surface area (Å²) < 4.78 is 24.4. The van der Waals surface area contributed by atoms with Gasteiger partial charge in [-0.3, -0.25) is 14.5 Å². The number of carbonyl (C=O) groups excluding carboxylic acids is 2. The average molecular weight is 532 g/mol. The molecule has 2 aliphatic heterocycles. The zero-order valence-corrected chi connectivity index (χ0v) is 22.1. The Morgan fingerprint density at radius 3 is 2.46 bits per heavy atom. The van der Waals surface area contributed by atoms with Crippen LogP contribution < -0.4 is 10.1 Å². The van der Waals surface area contributed by atoms with Gasteiger partial charge in [-0.15, -0.1) is 0 Å². The normalized spacial score (nSPS) is 19.4. The highest BCUT2D eigenvalue weighted by Gasteiger charge is 2.44. The Morgan fingerprint density at radius 2 is 1.74 bits per heavy atom. The van der Waals surface area contributed by atoms with Gasteiger partial charge in [0.05, 0.1) is 32.3 Å². The number of hydrogen-bond donors (Lipinski definition) is 1. The number of rotatable bonds is 9. The van der Waals surface area contributed by atoms with Crippen LogP contribution in [0, 0.1) is 5.82 Å². The summed E-state index contributed by atoms with van der Waals surface area (Å²) in [6.45, 7) is 4.97. The van der Waals surface area contributed by atoms with E-state index in [1.807, 2.05) is 42.5 Å². The van der Waals surface area contributed by atoms with Crippen molar-refractivity contribution in [3.63, 3.8) is 0 Å². The summed E-state index contributed by atoms with van der Waals surface area (Å²) in [4.78, 5) is 31.9. The molecule has 0 bridgehead atoms. The molecule has 0 spiro atoms. The van der Waals surface area contributed by atoms with Gasteiger partial charge in [0.15, 0.2) is 0 Å². The van der Waals surface area contributed by atoms with Crippen LogP contribution in [0.25, 0.3) is 0 Å². The summed E-state index contributed by atoms with van der Waals surface area (Å²) in [5.74, 6) is -0.546. The smallest absolute Gasteiger partial charge is 0.255 e. The first-order chi connectivity index (χ1) is 19.0. The minimum absolute atomic E-state index is 0.123. The van der Waals surface area contributed by atoms with Crippen molar-refractivity contribution in [1.29, 1.82) is 0 Å². The van der Waals surface area contributed by atoms with Crippen LogP contribution >= 0.6 is 0 Å². The van der Waals surface area contributed by atoms with Crippen molar-refractivity contribution in [3.05, 3.63) is 101 Å². The number of amides is 2. The van der Waals surface area contributed by atoms with Crippen molar-refractivity contribution in [1.82, 2.24) is 15.1 Å². The Hall–Kier alpha value is -3.75. The monoisotopic (exact) mass is 531 g/mol. The molecule has 5 rings (SSSR count). The predicted octanol–water partition coefficient (Wildman–Crippen LogP) is 4.15. The van der Waals surface area contributed by atoms with Gasteiger partial charge < -0.3 is 19.7 Å². The van der Waals surface area contributed by atoms with Gasteiger partial charge in [-0.05, 0) is 60.0 Å². The number of ether oxygens (including phenoxy) is 2. The first-order valence-electron chi connectivity index (χ1n) is 13.4. The van der Waals surface area contributed by atoms with E-state index < -0.39 is 12.0 Å². The number of nitrogens with one attached hydrogen (secondary N) is 1. The molecule has 3 aromatic carbocycles. The highest BCUT2D eigenvalue weighted by Crippen LogP contribution is 2.44. The zero-order valence-electron chi connectivity index (χ0n) is 22.1. The van der Waals surface area contributed by atoms with Crippen LogP contribution in [-0.4, -0.2) is 68.1 Å². The molecular formula is C31H34FN3O4. The van der Waals surface area contributed by atoms with E-state index >= 15 is 0 Å². The second-order valence-electron chi connectivity index (χ2n) is 9.94. The third kappa shape index (κ3) is 6.13. The maximum absolute atomic E-state index is 13.9. The summed E-state index contributed by atoms with van der Waals surface area (Å²) in [6, 6.07) is 20.4. The van der Waals surface area contributed by atoms with Crippen LogP contribution in [0.15, 0.2) is 72.8 Å². The molecule has 2 amide bonds. The van der Waals surface area contributed by atoms with E-state index in [0.717, 1.165) is 50.4 Å². The van der Waals surface area contributed by atoms with Crippen LogP contribution in [0.5, 0.6) is 5.75 Å². The van der Waals surface area contributed by atoms with Gasteiger partial charge in [0, 0.05) is 31.7 Å². The fourth-order valence-corrected chi connectivity index (χ4v) is 5.46. The molecule has 0 saturated carbocycles. The van der Waals surface area contributed by atoms with Gasteiger partial charge in [0.2, 0.25) is 5.91 Å². The van der Waals surface area contributed by atoms with Crippen molar-refractivity contribution >= 4 is 11.8 Å². The summed E-state index contributed by atoms with van der Waals surface area (Å²) in [5.41, 5.74) is 2.84. The van der Waals surface area contributed by atoms with E-state index in [2.05, 4.69) is 10.2 Å². The lowest BCUT2D eigenvalue weighted by Gasteiger charge is -2.42. The number of benzene rings is 3. The molecule has 204 valence electrons. The lowest BCUT2D eigenvalue weighted by atomic mass is 9.79. The first kappa shape index (κ1) is 26.8. The van der Waals surface area contributed by atoms with Crippen LogP contribution in [0.4, 0.5) is 4.39 Å². The number of morpholine rings is 1. The largest absolute Gasteiger partial charge is 0.497 e. The highest BCUT2D eigenvalue weighted by atomic mass is 19.1. The quantitative estimate of drug-likeness (QED) is 0.420. The van der Waals surface area contributed by atoms with Gasteiger partial charge in [-0.2, -0.15) is 0 Å². The Bertz CT molecular complexity index is 1280. The second kappa shape index (κ2) is 12.4. The molecule has 39 heavy (non-hydrogen) atoms. The van der Waals surface area contributed by atoms with Gasteiger partial charge >= 0.3 is 0 Å². The SMILES string of the molecule is COc1ccc(C2C(C(=O)NCCCN3CCOCC3)c3ccccc3C(=O)N2Cc2ccc(F)cc2)cc1. The minimum Gasteiger partial charge on any atom is -0.497 e. The predicted molar refractivity (Wildman–Crippen MR) is 146 cm³/mol. The molecule has 1 N–H and O–H groups in total. The van der Waals surface area contributed by atoms with E-state index in [1.165, 1.54) is 12.1 Å². The molecule has 7 nitrogen and oxygen atoms in total. The standard InChI is InChI=1S/C31H34FN3O4/c1-38-25-13-9-23(10-14-25)29-28(30(36)33-15-4-16-34-17-19-39-20-18-34)26-5-2-3-6-27(26)31(37)35(29)21-22-7-11-24(32)12-8-22/h2-3,5-14,28-29H,4,15-21H2,1H3,(H,33,36). The number of carbonyl (C=O) groups is 2. The molecule has 0 aliphatic carbocycles. The molecule has 3 aromatic rings. The molecule has 1 fully saturated rings.